The summed E-state index contributed by atoms with van der Waals surface area (Å²) < 4.78 is 10.7. The number of carbonyl (C=O) groups is 1. The van der Waals surface area contributed by atoms with E-state index in [2.05, 4.69) is 10.1 Å². The molecule has 0 aromatic heterocycles. The van der Waals surface area contributed by atoms with Crippen LogP contribution >= 0.6 is 0 Å². The topological polar surface area (TPSA) is 47.6 Å². The lowest BCUT2D eigenvalue weighted by molar-refractivity contribution is 0.164. The number of ether oxygens (including phenoxy) is 2. The van der Waals surface area contributed by atoms with Gasteiger partial charge in [-0.2, -0.15) is 0 Å². The third-order valence-corrected chi connectivity index (χ3v) is 3.40. The second kappa shape index (κ2) is 8.08. The molecule has 2 aromatic rings. The van der Waals surface area contributed by atoms with E-state index in [4.69, 9.17) is 4.74 Å². The van der Waals surface area contributed by atoms with Gasteiger partial charge < -0.3 is 14.8 Å². The first-order chi connectivity index (χ1) is 10.7. The first kappa shape index (κ1) is 15.9. The molecule has 0 saturated heterocycles. The van der Waals surface area contributed by atoms with Gasteiger partial charge in [-0.05, 0) is 24.1 Å². The van der Waals surface area contributed by atoms with Crippen molar-refractivity contribution in [2.75, 3.05) is 13.7 Å². The van der Waals surface area contributed by atoms with Crippen LogP contribution in [0.3, 0.4) is 0 Å². The number of alkyl carbamates (subject to hydrolysis) is 1. The third-order valence-electron chi connectivity index (χ3n) is 3.40. The average Bonchev–Trinajstić information content (AvgIpc) is 2.56. The van der Waals surface area contributed by atoms with Gasteiger partial charge in [-0.1, -0.05) is 48.5 Å². The quantitative estimate of drug-likeness (QED) is 0.881. The average molecular weight is 299 g/mol. The Hall–Kier alpha value is -2.49. The van der Waals surface area contributed by atoms with E-state index in [-0.39, 0.29) is 6.10 Å². The molecule has 2 rings (SSSR count). The van der Waals surface area contributed by atoms with Crippen LogP contribution in [0.25, 0.3) is 0 Å². The van der Waals surface area contributed by atoms with Crippen LogP contribution in [0.1, 0.15) is 23.7 Å². The Morgan fingerprint density at radius 1 is 1.09 bits per heavy atom. The number of carbonyl (C=O) groups excluding carboxylic acids is 1. The van der Waals surface area contributed by atoms with Crippen molar-refractivity contribution in [3.05, 3.63) is 65.7 Å². The summed E-state index contributed by atoms with van der Waals surface area (Å²) in [4.78, 5) is 11.2. The Balaban J connectivity index is 2.08. The zero-order valence-corrected chi connectivity index (χ0v) is 12.9. The van der Waals surface area contributed by atoms with E-state index < -0.39 is 6.09 Å². The minimum atomic E-state index is -0.428. The second-order valence-corrected chi connectivity index (χ2v) is 4.99. The lowest BCUT2D eigenvalue weighted by Gasteiger charge is -2.21. The predicted octanol–water partition coefficient (Wildman–Crippen LogP) is 3.86. The summed E-state index contributed by atoms with van der Waals surface area (Å²) in [6.07, 6.45) is 0.107. The van der Waals surface area contributed by atoms with E-state index in [0.29, 0.717) is 13.0 Å². The van der Waals surface area contributed by atoms with Crippen LogP contribution in [-0.2, 0) is 4.74 Å². The molecule has 116 valence electrons. The first-order valence-electron chi connectivity index (χ1n) is 7.29. The van der Waals surface area contributed by atoms with Crippen molar-refractivity contribution < 1.29 is 14.3 Å². The molecule has 0 fully saturated rings. The van der Waals surface area contributed by atoms with Crippen molar-refractivity contribution in [2.24, 2.45) is 0 Å². The standard InChI is InChI=1S/C18H21NO3/c1-14-8-6-7-11-16(14)22-17(12-13-19-18(20)21-2)15-9-4-3-5-10-15/h3-11,17H,12-13H2,1-2H3,(H,19,20)/t17-/m0/s1. The van der Waals surface area contributed by atoms with Crippen molar-refractivity contribution >= 4 is 6.09 Å². The van der Waals surface area contributed by atoms with E-state index in [1.165, 1.54) is 7.11 Å². The van der Waals surface area contributed by atoms with Crippen molar-refractivity contribution in [1.82, 2.24) is 5.32 Å². The highest BCUT2D eigenvalue weighted by Crippen LogP contribution is 2.26. The molecular weight excluding hydrogens is 278 g/mol. The lowest BCUT2D eigenvalue weighted by atomic mass is 10.1. The minimum absolute atomic E-state index is 0.126. The monoisotopic (exact) mass is 299 g/mol. The number of hydrogen-bond donors (Lipinski definition) is 1. The number of amides is 1. The normalized spacial score (nSPS) is 11.5. The van der Waals surface area contributed by atoms with Crippen LogP contribution in [-0.4, -0.2) is 19.7 Å². The van der Waals surface area contributed by atoms with Gasteiger partial charge in [0.1, 0.15) is 11.9 Å². The maximum atomic E-state index is 11.2. The number of para-hydroxylation sites is 1. The molecule has 4 nitrogen and oxygen atoms in total. The fourth-order valence-electron chi connectivity index (χ4n) is 2.18. The van der Waals surface area contributed by atoms with Gasteiger partial charge >= 0.3 is 6.09 Å². The number of benzene rings is 2. The van der Waals surface area contributed by atoms with Gasteiger partial charge in [-0.3, -0.25) is 0 Å². The number of nitrogens with one attached hydrogen (secondary N) is 1. The Bertz CT molecular complexity index is 598. The largest absolute Gasteiger partial charge is 0.485 e. The lowest BCUT2D eigenvalue weighted by Crippen LogP contribution is -2.26. The summed E-state index contributed by atoms with van der Waals surface area (Å²) >= 11 is 0. The molecule has 1 N–H and O–H groups in total. The van der Waals surface area contributed by atoms with Gasteiger partial charge in [0.15, 0.2) is 0 Å². The second-order valence-electron chi connectivity index (χ2n) is 4.99. The van der Waals surface area contributed by atoms with Gasteiger partial charge in [0.25, 0.3) is 0 Å². The molecule has 22 heavy (non-hydrogen) atoms. The van der Waals surface area contributed by atoms with E-state index in [1.54, 1.807) is 0 Å². The molecule has 0 radical (unpaired) electrons. The Morgan fingerprint density at radius 2 is 1.77 bits per heavy atom. The molecule has 0 spiro atoms. The molecule has 1 amide bonds. The summed E-state index contributed by atoms with van der Waals surface area (Å²) in [6.45, 7) is 2.50. The molecule has 0 aliphatic rings. The van der Waals surface area contributed by atoms with Crippen molar-refractivity contribution in [1.29, 1.82) is 0 Å². The maximum Gasteiger partial charge on any atom is 0.406 e. The summed E-state index contributed by atoms with van der Waals surface area (Å²) in [5, 5.41) is 2.69. The Labute approximate surface area is 131 Å². The van der Waals surface area contributed by atoms with E-state index in [0.717, 1.165) is 16.9 Å². The molecular formula is C18H21NO3. The van der Waals surface area contributed by atoms with Crippen LogP contribution in [0.5, 0.6) is 5.75 Å². The summed E-state index contributed by atoms with van der Waals surface area (Å²) in [5.41, 5.74) is 2.17. The molecule has 0 bridgehead atoms. The van der Waals surface area contributed by atoms with E-state index in [1.807, 2.05) is 61.5 Å². The van der Waals surface area contributed by atoms with Gasteiger partial charge in [0, 0.05) is 13.0 Å². The van der Waals surface area contributed by atoms with Gasteiger partial charge in [0.05, 0.1) is 7.11 Å². The number of methoxy groups -OCH3 is 1. The van der Waals surface area contributed by atoms with Gasteiger partial charge in [-0.25, -0.2) is 4.79 Å². The molecule has 0 unspecified atom stereocenters. The van der Waals surface area contributed by atoms with Gasteiger partial charge in [-0.15, -0.1) is 0 Å². The SMILES string of the molecule is COC(=O)NCC[C@H](Oc1ccccc1C)c1ccccc1. The highest BCUT2D eigenvalue weighted by molar-refractivity contribution is 5.66. The molecule has 1 atom stereocenters. The van der Waals surface area contributed by atoms with Crippen LogP contribution in [0.2, 0.25) is 0 Å². The van der Waals surface area contributed by atoms with Crippen LogP contribution in [0.4, 0.5) is 4.79 Å². The number of hydrogen-bond acceptors (Lipinski definition) is 3. The fourth-order valence-corrected chi connectivity index (χ4v) is 2.18. The van der Waals surface area contributed by atoms with Crippen LogP contribution in [0.15, 0.2) is 54.6 Å². The molecule has 0 heterocycles. The summed E-state index contributed by atoms with van der Waals surface area (Å²) in [6, 6.07) is 17.9. The zero-order valence-electron chi connectivity index (χ0n) is 12.9. The molecule has 0 aliphatic carbocycles. The van der Waals surface area contributed by atoms with Crippen LogP contribution in [0, 0.1) is 6.92 Å². The molecule has 2 aromatic carbocycles. The molecule has 0 aliphatic heterocycles. The highest BCUT2D eigenvalue weighted by atomic mass is 16.5. The summed E-state index contributed by atoms with van der Waals surface area (Å²) in [5.74, 6) is 0.856. The van der Waals surface area contributed by atoms with Crippen molar-refractivity contribution in [3.8, 4) is 5.75 Å². The van der Waals surface area contributed by atoms with E-state index in [9.17, 15) is 4.79 Å². The number of aryl methyl sites for hydroxylation is 1. The first-order valence-corrected chi connectivity index (χ1v) is 7.29. The summed E-state index contributed by atoms with van der Waals surface area (Å²) in [7, 11) is 1.36. The predicted molar refractivity (Wildman–Crippen MR) is 86.0 cm³/mol. The van der Waals surface area contributed by atoms with Crippen molar-refractivity contribution in [2.45, 2.75) is 19.4 Å². The zero-order chi connectivity index (χ0) is 15.8. The van der Waals surface area contributed by atoms with E-state index >= 15 is 0 Å². The smallest absolute Gasteiger partial charge is 0.406 e. The minimum Gasteiger partial charge on any atom is -0.485 e. The highest BCUT2D eigenvalue weighted by Gasteiger charge is 2.14. The maximum absolute atomic E-state index is 11.2. The molecule has 4 heteroatoms. The Kier molecular flexibility index (Phi) is 5.83. The van der Waals surface area contributed by atoms with Crippen molar-refractivity contribution in [3.63, 3.8) is 0 Å². The number of rotatable bonds is 6. The fraction of sp³-hybridized carbons (Fsp3) is 0.278. The Morgan fingerprint density at radius 3 is 2.45 bits per heavy atom. The van der Waals surface area contributed by atoms with Gasteiger partial charge in [0.2, 0.25) is 0 Å². The van der Waals surface area contributed by atoms with Crippen LogP contribution < -0.4 is 10.1 Å². The third kappa shape index (κ3) is 4.52. The molecule has 0 saturated carbocycles.